The van der Waals surface area contributed by atoms with Crippen molar-refractivity contribution in [3.05, 3.63) is 27.7 Å². The van der Waals surface area contributed by atoms with Crippen LogP contribution in [0.3, 0.4) is 0 Å². The second-order valence-corrected chi connectivity index (χ2v) is 6.60. The number of rotatable bonds is 8. The van der Waals surface area contributed by atoms with Crippen LogP contribution in [0.15, 0.2) is 22.7 Å². The number of esters is 1. The Hall–Kier alpha value is -0.920. The van der Waals surface area contributed by atoms with E-state index in [0.717, 1.165) is 10.2 Å². The van der Waals surface area contributed by atoms with Crippen molar-refractivity contribution < 1.29 is 19.1 Å². The first kappa shape index (κ1) is 19.1. The van der Waals surface area contributed by atoms with Crippen molar-refractivity contribution in [1.82, 2.24) is 5.32 Å². The van der Waals surface area contributed by atoms with Gasteiger partial charge in [0.2, 0.25) is 0 Å². The van der Waals surface area contributed by atoms with E-state index in [0.29, 0.717) is 17.2 Å². The van der Waals surface area contributed by atoms with Crippen molar-refractivity contribution in [3.8, 4) is 5.75 Å². The third kappa shape index (κ3) is 6.46. The van der Waals surface area contributed by atoms with Gasteiger partial charge in [-0.15, -0.1) is 0 Å². The Bertz CT molecular complexity index is 530. The first-order valence-electron chi connectivity index (χ1n) is 6.42. The molecule has 8 heteroatoms. The van der Waals surface area contributed by atoms with Crippen LogP contribution in [-0.4, -0.2) is 43.6 Å². The van der Waals surface area contributed by atoms with Crippen molar-refractivity contribution in [2.24, 2.45) is 0 Å². The fourth-order valence-corrected chi connectivity index (χ4v) is 2.80. The molecule has 0 unspecified atom stereocenters. The van der Waals surface area contributed by atoms with E-state index >= 15 is 0 Å². The summed E-state index contributed by atoms with van der Waals surface area (Å²) in [5.41, 5.74) is 0. The molecule has 0 aliphatic rings. The maximum Gasteiger partial charge on any atom is 0.328 e. The molecule has 1 aromatic carbocycles. The largest absolute Gasteiger partial charge is 0.482 e. The molecule has 22 heavy (non-hydrogen) atoms. The standard InChI is InChI=1S/C14H17BrClNO4S/c1-20-14(19)11(5-6-22-2)17-13(18)8-21-12-4-3-9(15)7-10(12)16/h3-4,7,11H,5-6,8H2,1-2H3,(H,17,18)/t11-/m1/s1. The molecule has 0 radical (unpaired) electrons. The van der Waals surface area contributed by atoms with Gasteiger partial charge in [0.15, 0.2) is 6.61 Å². The topological polar surface area (TPSA) is 64.6 Å². The Morgan fingerprint density at radius 3 is 2.77 bits per heavy atom. The maximum atomic E-state index is 11.9. The first-order chi connectivity index (χ1) is 10.5. The first-order valence-corrected chi connectivity index (χ1v) is 8.98. The number of hydrogen-bond donors (Lipinski definition) is 1. The van der Waals surface area contributed by atoms with E-state index in [2.05, 4.69) is 26.0 Å². The molecule has 0 saturated carbocycles. The lowest BCUT2D eigenvalue weighted by Crippen LogP contribution is -2.43. The zero-order valence-corrected chi connectivity index (χ0v) is 15.4. The number of methoxy groups -OCH3 is 1. The molecule has 5 nitrogen and oxygen atoms in total. The lowest BCUT2D eigenvalue weighted by Gasteiger charge is -2.16. The van der Waals surface area contributed by atoms with E-state index in [1.54, 1.807) is 30.0 Å². The molecule has 0 aliphatic carbocycles. The molecule has 0 bridgehead atoms. The Morgan fingerprint density at radius 1 is 1.45 bits per heavy atom. The SMILES string of the molecule is COC(=O)[C@@H](CCSC)NC(=O)COc1ccc(Br)cc1Cl. The molecule has 0 saturated heterocycles. The predicted octanol–water partition coefficient (Wildman–Crippen LogP) is 2.89. The lowest BCUT2D eigenvalue weighted by atomic mass is 10.2. The highest BCUT2D eigenvalue weighted by Crippen LogP contribution is 2.27. The Balaban J connectivity index is 2.54. The van der Waals surface area contributed by atoms with Gasteiger partial charge in [-0.3, -0.25) is 4.79 Å². The molecule has 1 amide bonds. The second kappa shape index (κ2) is 9.97. The van der Waals surface area contributed by atoms with E-state index in [-0.39, 0.29) is 6.61 Å². The third-order valence-corrected chi connectivity index (χ3v) is 4.12. The molecule has 1 atom stereocenters. The van der Waals surface area contributed by atoms with Gasteiger partial charge >= 0.3 is 5.97 Å². The quantitative estimate of drug-likeness (QED) is 0.668. The molecule has 122 valence electrons. The van der Waals surface area contributed by atoms with Gasteiger partial charge in [0, 0.05) is 4.47 Å². The minimum absolute atomic E-state index is 0.228. The summed E-state index contributed by atoms with van der Waals surface area (Å²) in [6, 6.07) is 4.42. The summed E-state index contributed by atoms with van der Waals surface area (Å²) in [7, 11) is 1.29. The molecular weight excluding hydrogens is 394 g/mol. The van der Waals surface area contributed by atoms with Gasteiger partial charge < -0.3 is 14.8 Å². The molecule has 1 aromatic rings. The molecule has 0 spiro atoms. The Labute approximate surface area is 147 Å². The molecular formula is C14H17BrClNO4S. The number of amides is 1. The number of carbonyl (C=O) groups is 2. The van der Waals surface area contributed by atoms with Crippen LogP contribution in [0.5, 0.6) is 5.75 Å². The molecule has 0 fully saturated rings. The Morgan fingerprint density at radius 2 is 2.18 bits per heavy atom. The van der Waals surface area contributed by atoms with Crippen LogP contribution >= 0.6 is 39.3 Å². The normalized spacial score (nSPS) is 11.6. The summed E-state index contributed by atoms with van der Waals surface area (Å²) in [4.78, 5) is 23.5. The zero-order chi connectivity index (χ0) is 16.5. The smallest absolute Gasteiger partial charge is 0.328 e. The van der Waals surface area contributed by atoms with E-state index in [9.17, 15) is 9.59 Å². The van der Waals surface area contributed by atoms with Crippen LogP contribution in [0.4, 0.5) is 0 Å². The molecule has 1 N–H and O–H groups in total. The molecule has 1 rings (SSSR count). The van der Waals surface area contributed by atoms with E-state index < -0.39 is 17.9 Å². The molecule has 0 aliphatic heterocycles. The average Bonchev–Trinajstić information content (AvgIpc) is 2.49. The highest BCUT2D eigenvalue weighted by molar-refractivity contribution is 9.10. The fraction of sp³-hybridized carbons (Fsp3) is 0.429. The third-order valence-electron chi connectivity index (χ3n) is 2.68. The fourth-order valence-electron chi connectivity index (χ4n) is 1.60. The van der Waals surface area contributed by atoms with Crippen LogP contribution in [0.1, 0.15) is 6.42 Å². The minimum atomic E-state index is -0.672. The van der Waals surface area contributed by atoms with Gasteiger partial charge in [-0.05, 0) is 36.6 Å². The number of hydrogen-bond acceptors (Lipinski definition) is 5. The average molecular weight is 411 g/mol. The zero-order valence-electron chi connectivity index (χ0n) is 12.2. The van der Waals surface area contributed by atoms with Crippen LogP contribution in [0.25, 0.3) is 0 Å². The number of thioether (sulfide) groups is 1. The van der Waals surface area contributed by atoms with Gasteiger partial charge in [-0.2, -0.15) is 11.8 Å². The van der Waals surface area contributed by atoms with Crippen LogP contribution in [-0.2, 0) is 14.3 Å². The number of benzene rings is 1. The van der Waals surface area contributed by atoms with Gasteiger partial charge in [0.1, 0.15) is 11.8 Å². The van der Waals surface area contributed by atoms with Crippen molar-refractivity contribution in [3.63, 3.8) is 0 Å². The molecule has 0 aromatic heterocycles. The van der Waals surface area contributed by atoms with Gasteiger partial charge in [-0.1, -0.05) is 27.5 Å². The van der Waals surface area contributed by atoms with Crippen molar-refractivity contribution in [1.29, 1.82) is 0 Å². The minimum Gasteiger partial charge on any atom is -0.482 e. The monoisotopic (exact) mass is 409 g/mol. The number of ether oxygens (including phenoxy) is 2. The second-order valence-electron chi connectivity index (χ2n) is 4.29. The summed E-state index contributed by atoms with van der Waals surface area (Å²) >= 11 is 10.9. The summed E-state index contributed by atoms with van der Waals surface area (Å²) in [6.45, 7) is -0.228. The number of halogens is 2. The van der Waals surface area contributed by atoms with Crippen LogP contribution < -0.4 is 10.1 Å². The number of carbonyl (C=O) groups excluding carboxylic acids is 2. The summed E-state index contributed by atoms with van der Waals surface area (Å²) in [5, 5.41) is 3.00. The van der Waals surface area contributed by atoms with Crippen molar-refractivity contribution >= 4 is 51.2 Å². The van der Waals surface area contributed by atoms with Gasteiger partial charge in [-0.25, -0.2) is 4.79 Å². The predicted molar refractivity (Wildman–Crippen MR) is 91.6 cm³/mol. The lowest BCUT2D eigenvalue weighted by molar-refractivity contribution is -0.145. The van der Waals surface area contributed by atoms with Crippen molar-refractivity contribution in [2.75, 3.05) is 25.7 Å². The summed E-state index contributed by atoms with van der Waals surface area (Å²) < 4.78 is 10.8. The van der Waals surface area contributed by atoms with E-state index in [1.165, 1.54) is 7.11 Å². The summed E-state index contributed by atoms with van der Waals surface area (Å²) in [5.74, 6) is 0.262. The van der Waals surface area contributed by atoms with Gasteiger partial charge in [0.05, 0.1) is 12.1 Å². The van der Waals surface area contributed by atoms with Gasteiger partial charge in [0.25, 0.3) is 5.91 Å². The van der Waals surface area contributed by atoms with Crippen LogP contribution in [0, 0.1) is 0 Å². The van der Waals surface area contributed by atoms with Crippen molar-refractivity contribution in [2.45, 2.75) is 12.5 Å². The number of nitrogens with one attached hydrogen (secondary N) is 1. The van der Waals surface area contributed by atoms with Crippen LogP contribution in [0.2, 0.25) is 5.02 Å². The maximum absolute atomic E-state index is 11.9. The highest BCUT2D eigenvalue weighted by Gasteiger charge is 2.21. The van der Waals surface area contributed by atoms with E-state index in [4.69, 9.17) is 16.3 Å². The Kier molecular flexibility index (Phi) is 8.67. The highest BCUT2D eigenvalue weighted by atomic mass is 79.9. The summed E-state index contributed by atoms with van der Waals surface area (Å²) in [6.07, 6.45) is 2.42. The van der Waals surface area contributed by atoms with E-state index in [1.807, 2.05) is 6.26 Å². The molecule has 0 heterocycles.